The SMILES string of the molecule is CCN(Cc1cn(CCN)cn1)Cc1cccc(C)n1. The Morgan fingerprint density at radius 2 is 2.05 bits per heavy atom. The molecule has 2 aromatic heterocycles. The molecule has 0 saturated heterocycles. The van der Waals surface area contributed by atoms with E-state index in [2.05, 4.69) is 40.1 Å². The molecule has 2 rings (SSSR count). The van der Waals surface area contributed by atoms with Crippen LogP contribution >= 0.6 is 0 Å². The lowest BCUT2D eigenvalue weighted by Gasteiger charge is -2.18. The molecule has 2 aromatic rings. The third kappa shape index (κ3) is 4.15. The van der Waals surface area contributed by atoms with Crippen molar-refractivity contribution in [2.45, 2.75) is 33.5 Å². The van der Waals surface area contributed by atoms with Crippen LogP contribution in [0.3, 0.4) is 0 Å². The number of hydrogen-bond donors (Lipinski definition) is 1. The van der Waals surface area contributed by atoms with E-state index >= 15 is 0 Å². The number of nitrogens with two attached hydrogens (primary N) is 1. The maximum atomic E-state index is 5.55. The Hall–Kier alpha value is -1.72. The highest BCUT2D eigenvalue weighted by atomic mass is 15.1. The molecule has 0 radical (unpaired) electrons. The van der Waals surface area contributed by atoms with Gasteiger partial charge in [0.2, 0.25) is 0 Å². The lowest BCUT2D eigenvalue weighted by molar-refractivity contribution is 0.265. The molecule has 5 nitrogen and oxygen atoms in total. The molecule has 108 valence electrons. The molecule has 0 aromatic carbocycles. The first-order valence-corrected chi connectivity index (χ1v) is 7.07. The van der Waals surface area contributed by atoms with Gasteiger partial charge in [-0.1, -0.05) is 13.0 Å². The minimum absolute atomic E-state index is 0.639. The molecule has 0 bridgehead atoms. The molecule has 0 spiro atoms. The van der Waals surface area contributed by atoms with E-state index in [1.165, 1.54) is 0 Å². The van der Waals surface area contributed by atoms with Gasteiger partial charge in [-0.05, 0) is 25.6 Å². The van der Waals surface area contributed by atoms with E-state index in [-0.39, 0.29) is 0 Å². The van der Waals surface area contributed by atoms with Gasteiger partial charge >= 0.3 is 0 Å². The van der Waals surface area contributed by atoms with Gasteiger partial charge in [-0.25, -0.2) is 4.98 Å². The molecule has 0 aliphatic carbocycles. The minimum atomic E-state index is 0.639. The summed E-state index contributed by atoms with van der Waals surface area (Å²) in [7, 11) is 0. The average Bonchev–Trinajstić information content (AvgIpc) is 2.86. The second kappa shape index (κ2) is 7.17. The van der Waals surface area contributed by atoms with Gasteiger partial charge in [-0.2, -0.15) is 0 Å². The van der Waals surface area contributed by atoms with Crippen LogP contribution in [0.15, 0.2) is 30.7 Å². The van der Waals surface area contributed by atoms with Crippen LogP contribution in [0.2, 0.25) is 0 Å². The number of rotatable bonds is 7. The smallest absolute Gasteiger partial charge is 0.0950 e. The predicted octanol–water partition coefficient (Wildman–Crippen LogP) is 1.57. The fourth-order valence-corrected chi connectivity index (χ4v) is 2.18. The van der Waals surface area contributed by atoms with E-state index in [0.29, 0.717) is 6.54 Å². The Balaban J connectivity index is 1.97. The standard InChI is InChI=1S/C15H23N5/c1-3-19(9-14-6-4-5-13(2)18-14)10-15-11-20(8-7-16)12-17-15/h4-6,11-12H,3,7-10,16H2,1-2H3. The summed E-state index contributed by atoms with van der Waals surface area (Å²) in [5.74, 6) is 0. The van der Waals surface area contributed by atoms with Crippen LogP contribution in [0, 0.1) is 6.92 Å². The maximum Gasteiger partial charge on any atom is 0.0950 e. The summed E-state index contributed by atoms with van der Waals surface area (Å²) in [6.45, 7) is 8.30. The molecular weight excluding hydrogens is 250 g/mol. The van der Waals surface area contributed by atoms with E-state index in [0.717, 1.165) is 43.3 Å². The molecule has 0 unspecified atom stereocenters. The van der Waals surface area contributed by atoms with Crippen molar-refractivity contribution in [1.29, 1.82) is 0 Å². The second-order valence-electron chi connectivity index (χ2n) is 4.97. The third-order valence-electron chi connectivity index (χ3n) is 3.24. The largest absolute Gasteiger partial charge is 0.336 e. The number of imidazole rings is 1. The highest BCUT2D eigenvalue weighted by Crippen LogP contribution is 2.07. The highest BCUT2D eigenvalue weighted by molar-refractivity contribution is 5.10. The van der Waals surface area contributed by atoms with Crippen LogP contribution < -0.4 is 5.73 Å². The zero-order valence-corrected chi connectivity index (χ0v) is 12.3. The molecule has 2 heterocycles. The zero-order valence-electron chi connectivity index (χ0n) is 12.3. The molecule has 2 N–H and O–H groups in total. The Kier molecular flexibility index (Phi) is 5.26. The van der Waals surface area contributed by atoms with Crippen molar-refractivity contribution in [3.63, 3.8) is 0 Å². The van der Waals surface area contributed by atoms with Crippen LogP contribution in [0.5, 0.6) is 0 Å². The first kappa shape index (κ1) is 14.7. The fourth-order valence-electron chi connectivity index (χ4n) is 2.18. The Morgan fingerprint density at radius 1 is 1.25 bits per heavy atom. The van der Waals surface area contributed by atoms with Crippen molar-refractivity contribution in [3.8, 4) is 0 Å². The Morgan fingerprint density at radius 3 is 2.75 bits per heavy atom. The van der Waals surface area contributed by atoms with Gasteiger partial charge in [0.25, 0.3) is 0 Å². The van der Waals surface area contributed by atoms with E-state index in [1.54, 1.807) is 0 Å². The van der Waals surface area contributed by atoms with Crippen molar-refractivity contribution in [1.82, 2.24) is 19.4 Å². The van der Waals surface area contributed by atoms with Crippen LogP contribution in [0.4, 0.5) is 0 Å². The van der Waals surface area contributed by atoms with E-state index in [9.17, 15) is 0 Å². The number of aryl methyl sites for hydroxylation is 1. The van der Waals surface area contributed by atoms with Gasteiger partial charge in [0.1, 0.15) is 0 Å². The molecule has 0 aliphatic rings. The normalized spacial score (nSPS) is 11.2. The fraction of sp³-hybridized carbons (Fsp3) is 0.467. The highest BCUT2D eigenvalue weighted by Gasteiger charge is 2.08. The lowest BCUT2D eigenvalue weighted by atomic mass is 10.3. The van der Waals surface area contributed by atoms with Crippen LogP contribution in [-0.2, 0) is 19.6 Å². The Labute approximate surface area is 120 Å². The van der Waals surface area contributed by atoms with E-state index < -0.39 is 0 Å². The monoisotopic (exact) mass is 273 g/mol. The van der Waals surface area contributed by atoms with Crippen molar-refractivity contribution in [3.05, 3.63) is 47.8 Å². The molecule has 0 saturated carbocycles. The van der Waals surface area contributed by atoms with Gasteiger partial charge in [-0.3, -0.25) is 9.88 Å². The van der Waals surface area contributed by atoms with Crippen molar-refractivity contribution in [2.75, 3.05) is 13.1 Å². The average molecular weight is 273 g/mol. The predicted molar refractivity (Wildman–Crippen MR) is 80.0 cm³/mol. The van der Waals surface area contributed by atoms with Gasteiger partial charge in [-0.15, -0.1) is 0 Å². The van der Waals surface area contributed by atoms with Crippen LogP contribution in [0.1, 0.15) is 24.0 Å². The van der Waals surface area contributed by atoms with Gasteiger partial charge in [0.05, 0.1) is 17.7 Å². The maximum absolute atomic E-state index is 5.55. The zero-order chi connectivity index (χ0) is 14.4. The summed E-state index contributed by atoms with van der Waals surface area (Å²) < 4.78 is 2.04. The second-order valence-corrected chi connectivity index (χ2v) is 4.97. The van der Waals surface area contributed by atoms with Gasteiger partial charge < -0.3 is 10.3 Å². The van der Waals surface area contributed by atoms with Crippen LogP contribution in [0.25, 0.3) is 0 Å². The lowest BCUT2D eigenvalue weighted by Crippen LogP contribution is -2.23. The van der Waals surface area contributed by atoms with E-state index in [4.69, 9.17) is 5.73 Å². The van der Waals surface area contributed by atoms with Gasteiger partial charge in [0.15, 0.2) is 0 Å². The summed E-state index contributed by atoms with van der Waals surface area (Å²) in [5.41, 5.74) is 8.79. The number of pyridine rings is 1. The summed E-state index contributed by atoms with van der Waals surface area (Å²) in [4.78, 5) is 11.3. The minimum Gasteiger partial charge on any atom is -0.336 e. The van der Waals surface area contributed by atoms with Gasteiger partial charge in [0, 0.05) is 38.1 Å². The third-order valence-corrected chi connectivity index (χ3v) is 3.24. The molecule has 0 amide bonds. The van der Waals surface area contributed by atoms with Crippen molar-refractivity contribution >= 4 is 0 Å². The first-order valence-electron chi connectivity index (χ1n) is 7.07. The number of aromatic nitrogens is 3. The summed E-state index contributed by atoms with van der Waals surface area (Å²) >= 11 is 0. The van der Waals surface area contributed by atoms with Crippen molar-refractivity contribution < 1.29 is 0 Å². The molecule has 0 atom stereocenters. The van der Waals surface area contributed by atoms with Crippen LogP contribution in [-0.4, -0.2) is 32.5 Å². The number of hydrogen-bond acceptors (Lipinski definition) is 4. The molecular formula is C15H23N5. The number of nitrogens with zero attached hydrogens (tertiary/aromatic N) is 4. The van der Waals surface area contributed by atoms with E-state index in [1.807, 2.05) is 23.9 Å². The summed E-state index contributed by atoms with van der Waals surface area (Å²) in [6.07, 6.45) is 3.92. The summed E-state index contributed by atoms with van der Waals surface area (Å²) in [6, 6.07) is 6.15. The topological polar surface area (TPSA) is 60.0 Å². The molecule has 0 aliphatic heterocycles. The molecule has 20 heavy (non-hydrogen) atoms. The summed E-state index contributed by atoms with van der Waals surface area (Å²) in [5, 5.41) is 0. The molecule has 5 heteroatoms. The van der Waals surface area contributed by atoms with Crippen molar-refractivity contribution in [2.24, 2.45) is 5.73 Å². The Bertz CT molecular complexity index is 535. The molecule has 0 fully saturated rings. The quantitative estimate of drug-likeness (QED) is 0.832. The first-order chi connectivity index (χ1) is 9.71.